The smallest absolute Gasteiger partial charge is 0.262 e. The third-order valence-electron chi connectivity index (χ3n) is 4.09. The fourth-order valence-corrected chi connectivity index (χ4v) is 2.89. The van der Waals surface area contributed by atoms with Gasteiger partial charge in [0.1, 0.15) is 6.04 Å². The topological polar surface area (TPSA) is 74.8 Å². The minimum atomic E-state index is -0.889. The largest absolute Gasteiger partial charge is 0.284 e. The summed E-state index contributed by atoms with van der Waals surface area (Å²) in [6.45, 7) is 1.76. The maximum atomic E-state index is 12.5. The van der Waals surface area contributed by atoms with Crippen molar-refractivity contribution in [2.24, 2.45) is 0 Å². The molecule has 1 aromatic carbocycles. The van der Waals surface area contributed by atoms with Crippen LogP contribution in [-0.2, 0) is 9.59 Å². The summed E-state index contributed by atoms with van der Waals surface area (Å²) >= 11 is 0. The zero-order valence-electron chi connectivity index (χ0n) is 11.8. The Kier molecular flexibility index (Phi) is 2.90. The van der Waals surface area contributed by atoms with Crippen molar-refractivity contribution in [3.8, 4) is 0 Å². The molecular weight excluding hydrogens is 272 g/mol. The maximum Gasteiger partial charge on any atom is 0.262 e. The summed E-state index contributed by atoms with van der Waals surface area (Å²) in [7, 11) is 1.38. The lowest BCUT2D eigenvalue weighted by atomic mass is 10.0. The first-order chi connectivity index (χ1) is 9.93. The molecule has 1 saturated heterocycles. The fraction of sp³-hybridized carbons (Fsp3) is 0.333. The summed E-state index contributed by atoms with van der Waals surface area (Å²) < 4.78 is 0. The van der Waals surface area contributed by atoms with Gasteiger partial charge < -0.3 is 0 Å². The average molecular weight is 286 g/mol. The average Bonchev–Trinajstić information content (AvgIpc) is 2.71. The number of hydrogen-bond donors (Lipinski definition) is 0. The molecule has 0 bridgehead atoms. The lowest BCUT2D eigenvalue weighted by molar-refractivity contribution is -0.149. The van der Waals surface area contributed by atoms with Crippen molar-refractivity contribution in [1.29, 1.82) is 0 Å². The number of amides is 4. The van der Waals surface area contributed by atoms with Crippen LogP contribution in [0.4, 0.5) is 0 Å². The van der Waals surface area contributed by atoms with E-state index in [-0.39, 0.29) is 18.7 Å². The number of likely N-dealkylation sites (tertiary alicyclic amines) is 1. The van der Waals surface area contributed by atoms with Crippen LogP contribution in [0, 0.1) is 6.92 Å². The molecular formula is C15H14N2O4. The molecule has 0 aromatic heterocycles. The number of hydrogen-bond acceptors (Lipinski definition) is 4. The highest BCUT2D eigenvalue weighted by atomic mass is 16.2. The van der Waals surface area contributed by atoms with Gasteiger partial charge in [0.2, 0.25) is 5.91 Å². The number of fused-ring (bicyclic) bond motifs is 1. The van der Waals surface area contributed by atoms with Crippen LogP contribution in [0.5, 0.6) is 0 Å². The summed E-state index contributed by atoms with van der Waals surface area (Å²) in [4.78, 5) is 50.7. The standard InChI is InChI=1S/C15H14N2O4/c1-8-4-3-5-9-12(8)15(21)17(13(9)19)10-6-7-11(18)16(2)14(10)20/h3-5,10H,6-7H2,1-2H3. The lowest BCUT2D eigenvalue weighted by Crippen LogP contribution is -2.54. The van der Waals surface area contributed by atoms with Gasteiger partial charge >= 0.3 is 0 Å². The highest BCUT2D eigenvalue weighted by Crippen LogP contribution is 2.30. The maximum absolute atomic E-state index is 12.5. The van der Waals surface area contributed by atoms with E-state index in [1.807, 2.05) is 0 Å². The van der Waals surface area contributed by atoms with E-state index in [4.69, 9.17) is 0 Å². The molecule has 4 amide bonds. The van der Waals surface area contributed by atoms with Gasteiger partial charge in [-0.3, -0.25) is 29.0 Å². The van der Waals surface area contributed by atoms with Crippen molar-refractivity contribution in [1.82, 2.24) is 9.80 Å². The van der Waals surface area contributed by atoms with Crippen LogP contribution in [-0.4, -0.2) is 46.5 Å². The number of piperidine rings is 1. The van der Waals surface area contributed by atoms with Crippen LogP contribution in [0.25, 0.3) is 0 Å². The molecule has 21 heavy (non-hydrogen) atoms. The molecule has 1 fully saturated rings. The van der Waals surface area contributed by atoms with E-state index in [1.165, 1.54) is 7.05 Å². The molecule has 108 valence electrons. The predicted octanol–water partition coefficient (Wildman–Crippen LogP) is 0.738. The minimum absolute atomic E-state index is 0.152. The van der Waals surface area contributed by atoms with Gasteiger partial charge in [-0.25, -0.2) is 0 Å². The van der Waals surface area contributed by atoms with E-state index >= 15 is 0 Å². The quantitative estimate of drug-likeness (QED) is 0.714. The Bertz CT molecular complexity index is 695. The molecule has 0 spiro atoms. The van der Waals surface area contributed by atoms with Gasteiger partial charge in [-0.05, 0) is 25.0 Å². The van der Waals surface area contributed by atoms with Crippen LogP contribution in [0.2, 0.25) is 0 Å². The Hall–Kier alpha value is -2.50. The van der Waals surface area contributed by atoms with Crippen LogP contribution >= 0.6 is 0 Å². The van der Waals surface area contributed by atoms with Gasteiger partial charge in [0.15, 0.2) is 0 Å². The number of likely N-dealkylation sites (N-methyl/N-ethyl adjacent to an activating group) is 1. The van der Waals surface area contributed by atoms with Crippen molar-refractivity contribution in [3.05, 3.63) is 34.9 Å². The van der Waals surface area contributed by atoms with Crippen molar-refractivity contribution >= 4 is 23.6 Å². The van der Waals surface area contributed by atoms with Crippen molar-refractivity contribution in [2.45, 2.75) is 25.8 Å². The molecule has 2 heterocycles. The molecule has 6 nitrogen and oxygen atoms in total. The number of aryl methyl sites for hydroxylation is 1. The van der Waals surface area contributed by atoms with Gasteiger partial charge in [-0.15, -0.1) is 0 Å². The second kappa shape index (κ2) is 4.51. The molecule has 0 radical (unpaired) electrons. The Morgan fingerprint density at radius 3 is 2.48 bits per heavy atom. The summed E-state index contributed by atoms with van der Waals surface area (Å²) in [5.74, 6) is -1.70. The first kappa shape index (κ1) is 13.5. The number of benzene rings is 1. The SMILES string of the molecule is Cc1cccc2c1C(=O)N(C1CCC(=O)N(C)C1=O)C2=O. The highest BCUT2D eigenvalue weighted by molar-refractivity contribution is 6.24. The van der Waals surface area contributed by atoms with E-state index < -0.39 is 23.8 Å². The minimum Gasteiger partial charge on any atom is -0.284 e. The Morgan fingerprint density at radius 1 is 1.10 bits per heavy atom. The Labute approximate surface area is 121 Å². The van der Waals surface area contributed by atoms with E-state index in [0.717, 1.165) is 9.80 Å². The van der Waals surface area contributed by atoms with Crippen LogP contribution in [0.15, 0.2) is 18.2 Å². The molecule has 3 rings (SSSR count). The summed E-state index contributed by atoms with van der Waals surface area (Å²) in [6, 6.07) is 4.16. The van der Waals surface area contributed by atoms with Gasteiger partial charge in [-0.2, -0.15) is 0 Å². The van der Waals surface area contributed by atoms with Crippen LogP contribution in [0.3, 0.4) is 0 Å². The van der Waals surface area contributed by atoms with Crippen molar-refractivity contribution in [2.75, 3.05) is 7.05 Å². The molecule has 2 aliphatic heterocycles. The van der Waals surface area contributed by atoms with Gasteiger partial charge in [0, 0.05) is 13.5 Å². The molecule has 1 atom stereocenters. The van der Waals surface area contributed by atoms with Crippen LogP contribution in [0.1, 0.15) is 39.1 Å². The van der Waals surface area contributed by atoms with E-state index in [2.05, 4.69) is 0 Å². The third-order valence-corrected chi connectivity index (χ3v) is 4.09. The number of nitrogens with zero attached hydrogens (tertiary/aromatic N) is 2. The predicted molar refractivity (Wildman–Crippen MR) is 72.5 cm³/mol. The normalized spacial score (nSPS) is 22.1. The lowest BCUT2D eigenvalue weighted by Gasteiger charge is -2.32. The highest BCUT2D eigenvalue weighted by Gasteiger charge is 2.46. The van der Waals surface area contributed by atoms with E-state index in [9.17, 15) is 19.2 Å². The molecule has 2 aliphatic rings. The summed E-state index contributed by atoms with van der Waals surface area (Å²) in [6.07, 6.45) is 0.339. The summed E-state index contributed by atoms with van der Waals surface area (Å²) in [5.41, 5.74) is 1.39. The van der Waals surface area contributed by atoms with Crippen LogP contribution < -0.4 is 0 Å². The second-order valence-corrected chi connectivity index (χ2v) is 5.32. The molecule has 1 aromatic rings. The monoisotopic (exact) mass is 286 g/mol. The Morgan fingerprint density at radius 2 is 1.81 bits per heavy atom. The molecule has 1 unspecified atom stereocenters. The van der Waals surface area contributed by atoms with Gasteiger partial charge in [0.25, 0.3) is 17.7 Å². The first-order valence-electron chi connectivity index (χ1n) is 6.71. The molecule has 0 aliphatic carbocycles. The first-order valence-corrected chi connectivity index (χ1v) is 6.71. The molecule has 0 saturated carbocycles. The number of rotatable bonds is 1. The van der Waals surface area contributed by atoms with Gasteiger partial charge in [-0.1, -0.05) is 12.1 Å². The number of carbonyl (C=O) groups excluding carboxylic acids is 4. The second-order valence-electron chi connectivity index (χ2n) is 5.32. The molecule has 0 N–H and O–H groups in total. The Balaban J connectivity index is 2.01. The third kappa shape index (κ3) is 1.79. The van der Waals surface area contributed by atoms with Gasteiger partial charge in [0.05, 0.1) is 11.1 Å². The van der Waals surface area contributed by atoms with Crippen molar-refractivity contribution < 1.29 is 19.2 Å². The zero-order chi connectivity index (χ0) is 15.3. The van der Waals surface area contributed by atoms with Crippen molar-refractivity contribution in [3.63, 3.8) is 0 Å². The summed E-state index contributed by atoms with van der Waals surface area (Å²) in [5, 5.41) is 0. The number of carbonyl (C=O) groups is 4. The van der Waals surface area contributed by atoms with E-state index in [0.29, 0.717) is 16.7 Å². The fourth-order valence-electron chi connectivity index (χ4n) is 2.89. The zero-order valence-corrected chi connectivity index (χ0v) is 11.8. The molecule has 6 heteroatoms. The number of imide groups is 2. The van der Waals surface area contributed by atoms with E-state index in [1.54, 1.807) is 25.1 Å².